The third-order valence-electron chi connectivity index (χ3n) is 2.89. The molecule has 0 saturated carbocycles. The average molecular weight is 338 g/mol. The number of rotatable bonds is 4. The van der Waals surface area contributed by atoms with Crippen molar-refractivity contribution < 1.29 is 14.3 Å². The molecule has 0 aliphatic carbocycles. The van der Waals surface area contributed by atoms with Gasteiger partial charge in [-0.05, 0) is 42.3 Å². The molecule has 0 saturated heterocycles. The van der Waals surface area contributed by atoms with E-state index in [2.05, 4.69) is 21.2 Å². The Balaban J connectivity index is 2.15. The van der Waals surface area contributed by atoms with Crippen molar-refractivity contribution in [2.24, 2.45) is 0 Å². The largest absolute Gasteiger partial charge is 0.478 e. The van der Waals surface area contributed by atoms with Crippen molar-refractivity contribution in [3.8, 4) is 0 Å². The molecule has 0 aliphatic heterocycles. The third-order valence-corrected chi connectivity index (χ3v) is 3.63. The Morgan fingerprint density at radius 2 is 2.05 bits per heavy atom. The first-order valence-corrected chi connectivity index (χ1v) is 6.78. The Labute approximate surface area is 124 Å². The molecule has 0 fully saturated rings. The minimum absolute atomic E-state index is 0.211. The van der Waals surface area contributed by atoms with E-state index in [4.69, 9.17) is 5.11 Å². The molecule has 20 heavy (non-hydrogen) atoms. The number of carboxylic acid groups (broad SMARTS) is 1. The summed E-state index contributed by atoms with van der Waals surface area (Å²) < 4.78 is 14.3. The van der Waals surface area contributed by atoms with Gasteiger partial charge in [-0.1, -0.05) is 28.1 Å². The second-order valence-electron chi connectivity index (χ2n) is 4.45. The third kappa shape index (κ3) is 3.36. The molecule has 104 valence electrons. The number of aryl methyl sites for hydroxylation is 1. The fourth-order valence-corrected chi connectivity index (χ4v) is 2.31. The molecule has 2 rings (SSSR count). The van der Waals surface area contributed by atoms with Gasteiger partial charge < -0.3 is 10.4 Å². The zero-order chi connectivity index (χ0) is 14.7. The smallest absolute Gasteiger partial charge is 0.335 e. The molecule has 0 atom stereocenters. The van der Waals surface area contributed by atoms with Gasteiger partial charge in [0.15, 0.2) is 0 Å². The van der Waals surface area contributed by atoms with E-state index in [0.29, 0.717) is 16.7 Å². The van der Waals surface area contributed by atoms with Gasteiger partial charge in [0.05, 0.1) is 11.3 Å². The Kier molecular flexibility index (Phi) is 4.39. The summed E-state index contributed by atoms with van der Waals surface area (Å²) in [6.07, 6.45) is 0. The van der Waals surface area contributed by atoms with Gasteiger partial charge in [-0.2, -0.15) is 0 Å². The van der Waals surface area contributed by atoms with E-state index in [1.807, 2.05) is 6.92 Å². The lowest BCUT2D eigenvalue weighted by atomic mass is 10.1. The molecule has 0 radical (unpaired) electrons. The van der Waals surface area contributed by atoms with Crippen LogP contribution < -0.4 is 5.32 Å². The van der Waals surface area contributed by atoms with Gasteiger partial charge in [0.2, 0.25) is 0 Å². The predicted octanol–water partition coefficient (Wildman–Crippen LogP) is 4.21. The number of carboxylic acids is 1. The van der Waals surface area contributed by atoms with Crippen LogP contribution in [0.1, 0.15) is 21.5 Å². The Morgan fingerprint density at radius 3 is 2.70 bits per heavy atom. The highest BCUT2D eigenvalue weighted by Crippen LogP contribution is 2.22. The lowest BCUT2D eigenvalue weighted by Gasteiger charge is -2.10. The Hall–Kier alpha value is -1.88. The molecule has 2 aromatic carbocycles. The first kappa shape index (κ1) is 14.5. The van der Waals surface area contributed by atoms with Gasteiger partial charge in [0.25, 0.3) is 0 Å². The summed E-state index contributed by atoms with van der Waals surface area (Å²) in [7, 11) is 0. The molecular weight excluding hydrogens is 325 g/mol. The molecule has 0 spiro atoms. The predicted molar refractivity (Wildman–Crippen MR) is 79.6 cm³/mol. The lowest BCUT2D eigenvalue weighted by molar-refractivity contribution is 0.0697. The molecule has 2 aromatic rings. The van der Waals surface area contributed by atoms with Gasteiger partial charge in [-0.15, -0.1) is 0 Å². The number of hydrogen-bond acceptors (Lipinski definition) is 2. The topological polar surface area (TPSA) is 49.3 Å². The van der Waals surface area contributed by atoms with E-state index in [1.165, 1.54) is 18.2 Å². The first-order valence-electron chi connectivity index (χ1n) is 5.99. The molecule has 0 aromatic heterocycles. The summed E-state index contributed by atoms with van der Waals surface area (Å²) in [6, 6.07) is 9.62. The standard InChI is InChI=1S/C15H13BrFNO2/c1-9-2-5-13(17)14(6-9)18-8-11-4-3-10(15(19)20)7-12(11)16/h2-7,18H,8H2,1H3,(H,19,20). The molecule has 0 heterocycles. The number of aromatic carboxylic acids is 1. The summed E-state index contributed by atoms with van der Waals surface area (Å²) in [5.41, 5.74) is 2.46. The van der Waals surface area contributed by atoms with Gasteiger partial charge in [0.1, 0.15) is 5.82 Å². The van der Waals surface area contributed by atoms with Gasteiger partial charge in [0, 0.05) is 11.0 Å². The fourth-order valence-electron chi connectivity index (χ4n) is 1.79. The highest BCUT2D eigenvalue weighted by Gasteiger charge is 2.08. The van der Waals surface area contributed by atoms with E-state index in [1.54, 1.807) is 18.2 Å². The summed E-state index contributed by atoms with van der Waals surface area (Å²) in [5.74, 6) is -1.29. The maximum atomic E-state index is 13.6. The van der Waals surface area contributed by atoms with E-state index in [-0.39, 0.29) is 11.4 Å². The summed E-state index contributed by atoms with van der Waals surface area (Å²) in [4.78, 5) is 10.8. The zero-order valence-electron chi connectivity index (χ0n) is 10.8. The lowest BCUT2D eigenvalue weighted by Crippen LogP contribution is -2.04. The molecule has 2 N–H and O–H groups in total. The van der Waals surface area contributed by atoms with Crippen LogP contribution in [0.4, 0.5) is 10.1 Å². The van der Waals surface area contributed by atoms with Crippen molar-refractivity contribution in [2.75, 3.05) is 5.32 Å². The SMILES string of the molecule is Cc1ccc(F)c(NCc2ccc(C(=O)O)cc2Br)c1. The number of benzene rings is 2. The number of carbonyl (C=O) groups is 1. The second-order valence-corrected chi connectivity index (χ2v) is 5.30. The van der Waals surface area contributed by atoms with E-state index >= 15 is 0 Å². The van der Waals surface area contributed by atoms with E-state index in [0.717, 1.165) is 11.1 Å². The summed E-state index contributed by atoms with van der Waals surface area (Å²) in [5, 5.41) is 11.9. The summed E-state index contributed by atoms with van der Waals surface area (Å²) in [6.45, 7) is 2.29. The molecule has 0 unspecified atom stereocenters. The zero-order valence-corrected chi connectivity index (χ0v) is 12.4. The average Bonchev–Trinajstić information content (AvgIpc) is 2.40. The Bertz CT molecular complexity index is 658. The van der Waals surface area contributed by atoms with Gasteiger partial charge in [-0.25, -0.2) is 9.18 Å². The van der Waals surface area contributed by atoms with Crippen LogP contribution in [0.15, 0.2) is 40.9 Å². The minimum Gasteiger partial charge on any atom is -0.478 e. The molecule has 0 amide bonds. The maximum absolute atomic E-state index is 13.6. The van der Waals surface area contributed by atoms with Crippen LogP contribution in [0.25, 0.3) is 0 Å². The van der Waals surface area contributed by atoms with Crippen LogP contribution in [-0.4, -0.2) is 11.1 Å². The molecule has 5 heteroatoms. The maximum Gasteiger partial charge on any atom is 0.335 e. The van der Waals surface area contributed by atoms with Crippen molar-refractivity contribution in [1.29, 1.82) is 0 Å². The molecule has 0 aliphatic rings. The molecule has 0 bridgehead atoms. The number of hydrogen-bond donors (Lipinski definition) is 2. The van der Waals surface area contributed by atoms with Crippen molar-refractivity contribution in [3.05, 3.63) is 63.4 Å². The minimum atomic E-state index is -0.977. The monoisotopic (exact) mass is 337 g/mol. The van der Waals surface area contributed by atoms with Crippen LogP contribution in [0.2, 0.25) is 0 Å². The highest BCUT2D eigenvalue weighted by atomic mass is 79.9. The first-order chi connectivity index (χ1) is 9.47. The van der Waals surface area contributed by atoms with Crippen molar-refractivity contribution in [1.82, 2.24) is 0 Å². The van der Waals surface area contributed by atoms with Crippen molar-refractivity contribution in [2.45, 2.75) is 13.5 Å². The molecular formula is C15H13BrFNO2. The fraction of sp³-hybridized carbons (Fsp3) is 0.133. The van der Waals surface area contributed by atoms with Gasteiger partial charge >= 0.3 is 5.97 Å². The van der Waals surface area contributed by atoms with Gasteiger partial charge in [-0.3, -0.25) is 0 Å². The van der Waals surface area contributed by atoms with E-state index < -0.39 is 5.97 Å². The van der Waals surface area contributed by atoms with Crippen LogP contribution in [0.3, 0.4) is 0 Å². The summed E-state index contributed by atoms with van der Waals surface area (Å²) >= 11 is 3.32. The van der Waals surface area contributed by atoms with Crippen molar-refractivity contribution >= 4 is 27.6 Å². The molecule has 3 nitrogen and oxygen atoms in total. The number of nitrogens with one attached hydrogen (secondary N) is 1. The Morgan fingerprint density at radius 1 is 1.30 bits per heavy atom. The van der Waals surface area contributed by atoms with Crippen LogP contribution in [0.5, 0.6) is 0 Å². The van der Waals surface area contributed by atoms with Crippen LogP contribution in [-0.2, 0) is 6.54 Å². The number of anilines is 1. The van der Waals surface area contributed by atoms with Crippen molar-refractivity contribution in [3.63, 3.8) is 0 Å². The van der Waals surface area contributed by atoms with Crippen LogP contribution in [0, 0.1) is 12.7 Å². The second kappa shape index (κ2) is 6.05. The highest BCUT2D eigenvalue weighted by molar-refractivity contribution is 9.10. The van der Waals surface area contributed by atoms with Crippen LogP contribution >= 0.6 is 15.9 Å². The quantitative estimate of drug-likeness (QED) is 0.878. The van der Waals surface area contributed by atoms with E-state index in [9.17, 15) is 9.18 Å². The number of halogens is 2. The normalized spacial score (nSPS) is 10.3.